The lowest BCUT2D eigenvalue weighted by molar-refractivity contribution is 0.297. The molecule has 10 nitrogen and oxygen atoms in total. The Kier molecular flexibility index (Phi) is 4.39. The van der Waals surface area contributed by atoms with Gasteiger partial charge in [0.15, 0.2) is 5.52 Å². The van der Waals surface area contributed by atoms with Crippen molar-refractivity contribution in [2.45, 2.75) is 63.1 Å². The van der Waals surface area contributed by atoms with E-state index in [0.29, 0.717) is 12.8 Å². The number of hydrogen-bond acceptors (Lipinski definition) is 7. The predicted octanol–water partition coefficient (Wildman–Crippen LogP) is 2.83. The average Bonchev–Trinajstić information content (AvgIpc) is 3.61. The Balaban J connectivity index is 1.83. The SMILES string of the molecule is [2H]C([2H])([2H])CC([2H])([2H])c1nn(C([2H])([2H])[2H])c2c(=O)[nH]c(-c3cc(S(=O)(=O)NCC([2H])([2H])C4CCCN4C([2H])([2H])[2H])ccc3OCCC)nc12. The number of benzene rings is 1. The molecule has 0 amide bonds. The molecule has 36 heavy (non-hydrogen) atoms. The second-order valence-corrected chi connectivity index (χ2v) is 9.88. The van der Waals surface area contributed by atoms with E-state index >= 15 is 0 Å². The van der Waals surface area contributed by atoms with E-state index in [1.54, 1.807) is 6.92 Å². The normalized spacial score (nSPS) is 23.9. The van der Waals surface area contributed by atoms with Gasteiger partial charge in [-0.25, -0.2) is 18.1 Å². The highest BCUT2D eigenvalue weighted by atomic mass is 32.2. The molecule has 0 aliphatic carbocycles. The van der Waals surface area contributed by atoms with Gasteiger partial charge in [0, 0.05) is 37.4 Å². The minimum atomic E-state index is -4.50. The molecule has 2 N–H and O–H groups in total. The Morgan fingerprint density at radius 3 is 3.00 bits per heavy atom. The molecule has 4 rings (SSSR count). The fraction of sp³-hybridized carbons (Fsp3) is 0.560. The number of H-pyrrole nitrogens is 1. The van der Waals surface area contributed by atoms with Crippen LogP contribution in [0.3, 0.4) is 0 Å². The monoisotopic (exact) mass is 529 g/mol. The predicted molar refractivity (Wildman–Crippen MR) is 140 cm³/mol. The van der Waals surface area contributed by atoms with E-state index in [4.69, 9.17) is 22.6 Å². The lowest BCUT2D eigenvalue weighted by Crippen LogP contribution is -2.31. The zero-order chi connectivity index (χ0) is 37.0. The smallest absolute Gasteiger partial charge is 0.277 e. The first-order valence-corrected chi connectivity index (χ1v) is 12.8. The number of aromatic nitrogens is 4. The zero-order valence-electron chi connectivity index (χ0n) is 32.6. The maximum atomic E-state index is 13.5. The topological polar surface area (TPSA) is 122 Å². The number of rotatable bonds is 11. The Morgan fingerprint density at radius 2 is 2.22 bits per heavy atom. The standard InChI is InChI=1S/C25H36N6O4S/c1-5-8-20-22-23(31(4)29-20)25(32)28-24(27-22)19-16-18(10-11-21(19)35-15-6-2)36(33,34)26-13-12-17-9-7-14-30(17)3/h10-11,16-17,26H,5-9,12-15H2,1-4H3,(H,27,28,32)/i1D3,3D3,4D3,8D2,12D2. The molecule has 0 radical (unpaired) electrons. The number of fused-ring (bicyclic) bond motifs is 1. The second kappa shape index (κ2) is 11.1. The molecule has 1 saturated heterocycles. The molecule has 1 aliphatic rings. The first kappa shape index (κ1) is 14.3. The van der Waals surface area contributed by atoms with Gasteiger partial charge < -0.3 is 14.6 Å². The summed E-state index contributed by atoms with van der Waals surface area (Å²) in [7, 11) is -4.50. The summed E-state index contributed by atoms with van der Waals surface area (Å²) in [5.41, 5.74) is -3.21. The van der Waals surface area contributed by atoms with Crippen LogP contribution in [0, 0.1) is 0 Å². The second-order valence-electron chi connectivity index (χ2n) is 8.11. The molecular weight excluding hydrogens is 480 g/mol. The number of sulfonamides is 1. The van der Waals surface area contributed by atoms with Crippen molar-refractivity contribution < 1.29 is 31.0 Å². The Labute approximate surface area is 230 Å². The van der Waals surface area contributed by atoms with Crippen molar-refractivity contribution >= 4 is 21.1 Å². The quantitative estimate of drug-likeness (QED) is 0.392. The third kappa shape index (κ3) is 5.47. The molecule has 1 aromatic carbocycles. The molecule has 3 heterocycles. The summed E-state index contributed by atoms with van der Waals surface area (Å²) in [6.45, 7) is -7.21. The molecule has 2 aromatic heterocycles. The molecule has 0 saturated carbocycles. The van der Waals surface area contributed by atoms with E-state index in [9.17, 15) is 13.2 Å². The van der Waals surface area contributed by atoms with E-state index in [0.717, 1.165) is 17.0 Å². The van der Waals surface area contributed by atoms with Crippen LogP contribution in [0.4, 0.5) is 0 Å². The summed E-state index contributed by atoms with van der Waals surface area (Å²) < 4.78 is 138. The van der Waals surface area contributed by atoms with Crippen LogP contribution < -0.4 is 15.0 Å². The molecule has 1 unspecified atom stereocenters. The van der Waals surface area contributed by atoms with Gasteiger partial charge in [-0.1, -0.05) is 20.2 Å². The van der Waals surface area contributed by atoms with Crippen molar-refractivity contribution in [3.8, 4) is 17.1 Å². The van der Waals surface area contributed by atoms with Crippen LogP contribution in [0.1, 0.15) is 69.3 Å². The van der Waals surface area contributed by atoms with Crippen LogP contribution in [0.2, 0.25) is 0 Å². The summed E-state index contributed by atoms with van der Waals surface area (Å²) >= 11 is 0. The number of aromatic amines is 1. The van der Waals surface area contributed by atoms with E-state index in [2.05, 4.69) is 19.8 Å². The summed E-state index contributed by atoms with van der Waals surface area (Å²) in [6, 6.07) is 2.38. The van der Waals surface area contributed by atoms with Gasteiger partial charge in [-0.3, -0.25) is 9.48 Å². The molecule has 1 atom stereocenters. The van der Waals surface area contributed by atoms with Crippen molar-refractivity contribution in [2.24, 2.45) is 6.98 Å². The Hall–Kier alpha value is -2.76. The lowest BCUT2D eigenvalue weighted by Gasteiger charge is -2.19. The average molecular weight is 530 g/mol. The van der Waals surface area contributed by atoms with Gasteiger partial charge >= 0.3 is 0 Å². The first-order chi connectivity index (χ1) is 22.3. The number of nitrogens with one attached hydrogen (secondary N) is 2. The van der Waals surface area contributed by atoms with E-state index in [-0.39, 0.29) is 41.4 Å². The number of likely N-dealkylation sites (tertiary alicyclic amines) is 1. The lowest BCUT2D eigenvalue weighted by atomic mass is 10.1. The molecule has 0 bridgehead atoms. The highest BCUT2D eigenvalue weighted by Gasteiger charge is 2.23. The number of nitrogens with zero attached hydrogens (tertiary/aromatic N) is 4. The highest BCUT2D eigenvalue weighted by molar-refractivity contribution is 7.89. The van der Waals surface area contributed by atoms with Gasteiger partial charge in [0.25, 0.3) is 5.56 Å². The fourth-order valence-corrected chi connectivity index (χ4v) is 4.83. The molecule has 1 fully saturated rings. The third-order valence-electron chi connectivity index (χ3n) is 5.62. The molecule has 11 heteroatoms. The van der Waals surface area contributed by atoms with Crippen molar-refractivity contribution in [1.82, 2.24) is 29.4 Å². The van der Waals surface area contributed by atoms with Crippen LogP contribution in [-0.4, -0.2) is 65.8 Å². The van der Waals surface area contributed by atoms with Gasteiger partial charge in [-0.15, -0.1) is 0 Å². The number of ether oxygens (including phenoxy) is 1. The number of hydrogen-bond donors (Lipinski definition) is 2. The van der Waals surface area contributed by atoms with E-state index < -0.39 is 89.8 Å². The van der Waals surface area contributed by atoms with Crippen molar-refractivity contribution in [2.75, 3.05) is 26.7 Å². The summed E-state index contributed by atoms with van der Waals surface area (Å²) in [4.78, 5) is 20.7. The largest absolute Gasteiger partial charge is 0.493 e. The van der Waals surface area contributed by atoms with Crippen molar-refractivity contribution in [3.05, 3.63) is 34.2 Å². The molecule has 196 valence electrons. The molecule has 0 spiro atoms. The van der Waals surface area contributed by atoms with Crippen LogP contribution >= 0.6 is 0 Å². The maximum absolute atomic E-state index is 13.5. The summed E-state index contributed by atoms with van der Waals surface area (Å²) in [6.07, 6.45) is -5.04. The van der Waals surface area contributed by atoms with Gasteiger partial charge in [-0.05, 0) is 63.7 Å². The van der Waals surface area contributed by atoms with Crippen molar-refractivity contribution in [3.63, 3.8) is 0 Å². The van der Waals surface area contributed by atoms with Crippen LogP contribution in [0.25, 0.3) is 22.4 Å². The minimum Gasteiger partial charge on any atom is -0.493 e. The third-order valence-corrected chi connectivity index (χ3v) is 7.02. The van der Waals surface area contributed by atoms with Gasteiger partial charge in [0.2, 0.25) is 10.0 Å². The number of aryl methyl sites for hydroxylation is 2. The van der Waals surface area contributed by atoms with Gasteiger partial charge in [0.05, 0.1) is 22.8 Å². The zero-order valence-corrected chi connectivity index (χ0v) is 20.4. The molecule has 1 aliphatic heterocycles. The minimum absolute atomic E-state index is 0.0215. The maximum Gasteiger partial charge on any atom is 0.277 e. The van der Waals surface area contributed by atoms with E-state index in [1.807, 2.05) is 0 Å². The van der Waals surface area contributed by atoms with Gasteiger partial charge in [-0.2, -0.15) is 5.10 Å². The fourth-order valence-electron chi connectivity index (χ4n) is 3.87. The van der Waals surface area contributed by atoms with Crippen LogP contribution in [0.15, 0.2) is 27.9 Å². The molecular formula is C25H36N6O4S. The van der Waals surface area contributed by atoms with Crippen LogP contribution in [-0.2, 0) is 23.4 Å². The van der Waals surface area contributed by atoms with Crippen molar-refractivity contribution in [1.29, 1.82) is 0 Å². The Morgan fingerprint density at radius 1 is 1.33 bits per heavy atom. The summed E-state index contributed by atoms with van der Waals surface area (Å²) in [5.74, 6) is -0.362. The van der Waals surface area contributed by atoms with Gasteiger partial charge in [0.1, 0.15) is 17.1 Å². The first-order valence-electron chi connectivity index (χ1n) is 17.9. The Bertz CT molecular complexity index is 1850. The highest BCUT2D eigenvalue weighted by Crippen LogP contribution is 2.31. The van der Waals surface area contributed by atoms with E-state index in [1.165, 1.54) is 6.07 Å². The molecule has 3 aromatic rings. The van der Waals surface area contributed by atoms with Crippen LogP contribution in [0.5, 0.6) is 5.75 Å². The summed E-state index contributed by atoms with van der Waals surface area (Å²) in [5, 5.41) is 3.78.